The second-order valence-corrected chi connectivity index (χ2v) is 8.32. The molecule has 0 atom stereocenters. The van der Waals surface area contributed by atoms with Crippen molar-refractivity contribution in [2.75, 3.05) is 22.9 Å². The molecule has 0 bridgehead atoms. The molecule has 7 nitrogen and oxygen atoms in total. The van der Waals surface area contributed by atoms with Crippen molar-refractivity contribution in [3.05, 3.63) is 20.8 Å². The summed E-state index contributed by atoms with van der Waals surface area (Å²) in [6, 6.07) is 0. The van der Waals surface area contributed by atoms with Crippen LogP contribution in [-0.4, -0.2) is 33.0 Å². The molecule has 0 aliphatic carbocycles. The van der Waals surface area contributed by atoms with Crippen molar-refractivity contribution in [3.63, 3.8) is 0 Å². The molecule has 3 N–H and O–H groups in total. The van der Waals surface area contributed by atoms with Gasteiger partial charge in [-0.15, -0.1) is 11.8 Å². The maximum atomic E-state index is 12.7. The number of hydrogen-bond acceptors (Lipinski definition) is 5. The first kappa shape index (κ1) is 21.3. The number of aromatic nitrogens is 2. The third kappa shape index (κ3) is 5.95. The van der Waals surface area contributed by atoms with Gasteiger partial charge in [-0.2, -0.15) is 0 Å². The zero-order valence-corrected chi connectivity index (χ0v) is 16.6. The first-order chi connectivity index (χ1) is 11.7. The van der Waals surface area contributed by atoms with Crippen molar-refractivity contribution in [3.8, 4) is 0 Å². The van der Waals surface area contributed by atoms with Gasteiger partial charge in [-0.05, 0) is 17.6 Å². The molecule has 1 amide bonds. The minimum absolute atomic E-state index is 0.0569. The van der Waals surface area contributed by atoms with E-state index in [1.807, 2.05) is 34.6 Å². The van der Waals surface area contributed by atoms with Crippen molar-refractivity contribution >= 4 is 29.2 Å². The number of carbonyl (C=O) groups is 1. The van der Waals surface area contributed by atoms with Gasteiger partial charge in [0.2, 0.25) is 5.91 Å². The van der Waals surface area contributed by atoms with Crippen molar-refractivity contribution < 1.29 is 4.79 Å². The van der Waals surface area contributed by atoms with Crippen LogP contribution in [0.15, 0.2) is 9.59 Å². The summed E-state index contributed by atoms with van der Waals surface area (Å²) in [5.41, 5.74) is 5.08. The highest BCUT2D eigenvalue weighted by molar-refractivity contribution is 8.00. The van der Waals surface area contributed by atoms with E-state index in [1.54, 1.807) is 0 Å². The number of rotatable bonds is 9. The molecule has 0 saturated heterocycles. The van der Waals surface area contributed by atoms with Crippen LogP contribution in [0.25, 0.3) is 0 Å². The molecule has 8 heteroatoms. The zero-order valence-electron chi connectivity index (χ0n) is 15.8. The number of unbranched alkanes of at least 4 members (excludes halogenated alkanes) is 1. The third-order valence-corrected chi connectivity index (χ3v) is 4.69. The lowest BCUT2D eigenvalue weighted by Crippen LogP contribution is -2.42. The minimum Gasteiger partial charge on any atom is -0.383 e. The number of nitrogen functional groups attached to an aromatic ring is 1. The Morgan fingerprint density at radius 1 is 1.28 bits per heavy atom. The number of nitrogens with zero attached hydrogens (tertiary/aromatic N) is 2. The quantitative estimate of drug-likeness (QED) is 0.693. The van der Waals surface area contributed by atoms with Crippen molar-refractivity contribution in [2.24, 2.45) is 5.92 Å². The first-order valence-corrected chi connectivity index (χ1v) is 9.78. The summed E-state index contributed by atoms with van der Waals surface area (Å²) < 4.78 is 1.34. The second kappa shape index (κ2) is 9.70. The van der Waals surface area contributed by atoms with Gasteiger partial charge in [0.15, 0.2) is 5.69 Å². The van der Waals surface area contributed by atoms with Gasteiger partial charge in [-0.3, -0.25) is 19.1 Å². The van der Waals surface area contributed by atoms with Crippen LogP contribution in [-0.2, 0) is 11.3 Å². The van der Waals surface area contributed by atoms with E-state index in [4.69, 9.17) is 5.73 Å². The van der Waals surface area contributed by atoms with Crippen LogP contribution >= 0.6 is 11.8 Å². The average molecular weight is 371 g/mol. The van der Waals surface area contributed by atoms with E-state index in [0.29, 0.717) is 18.3 Å². The lowest BCUT2D eigenvalue weighted by Gasteiger charge is -2.25. The normalized spacial score (nSPS) is 11.3. The van der Waals surface area contributed by atoms with E-state index >= 15 is 0 Å². The third-order valence-electron chi connectivity index (χ3n) is 3.61. The number of aromatic amines is 1. The number of thioether (sulfide) groups is 1. The van der Waals surface area contributed by atoms with Crippen molar-refractivity contribution in [2.45, 2.75) is 59.3 Å². The van der Waals surface area contributed by atoms with Gasteiger partial charge in [0.25, 0.3) is 5.56 Å². The van der Waals surface area contributed by atoms with Crippen molar-refractivity contribution in [1.82, 2.24) is 9.55 Å². The highest BCUT2D eigenvalue weighted by Crippen LogP contribution is 2.20. The summed E-state index contributed by atoms with van der Waals surface area (Å²) in [5.74, 6) is 0.333. The maximum absolute atomic E-state index is 12.7. The molecule has 0 aliphatic heterocycles. The van der Waals surface area contributed by atoms with Gasteiger partial charge in [0.05, 0.1) is 5.75 Å². The largest absolute Gasteiger partial charge is 0.383 e. The van der Waals surface area contributed by atoms with E-state index in [0.717, 1.165) is 12.8 Å². The maximum Gasteiger partial charge on any atom is 0.330 e. The first-order valence-electron chi connectivity index (χ1n) is 8.73. The minimum atomic E-state index is -0.610. The lowest BCUT2D eigenvalue weighted by molar-refractivity contribution is -0.116. The van der Waals surface area contributed by atoms with Crippen LogP contribution in [0.4, 0.5) is 11.5 Å². The Balaban J connectivity index is 3.35. The number of amides is 1. The molecular weight excluding hydrogens is 340 g/mol. The Hall–Kier alpha value is -1.70. The summed E-state index contributed by atoms with van der Waals surface area (Å²) in [4.78, 5) is 40.9. The highest BCUT2D eigenvalue weighted by Gasteiger charge is 2.24. The molecule has 25 heavy (non-hydrogen) atoms. The number of H-pyrrole nitrogens is 1. The van der Waals surface area contributed by atoms with Crippen molar-refractivity contribution in [1.29, 1.82) is 0 Å². The fourth-order valence-electron chi connectivity index (χ4n) is 2.38. The number of anilines is 2. The molecular formula is C17H30N4O3S. The molecule has 1 aromatic heterocycles. The molecule has 0 spiro atoms. The van der Waals surface area contributed by atoms with Crippen LogP contribution in [0.3, 0.4) is 0 Å². The van der Waals surface area contributed by atoms with Crippen LogP contribution in [0.5, 0.6) is 0 Å². The summed E-state index contributed by atoms with van der Waals surface area (Å²) >= 11 is 1.51. The zero-order chi connectivity index (χ0) is 19.1. The molecule has 0 aliphatic rings. The number of carbonyl (C=O) groups excluding carboxylic acids is 1. The van der Waals surface area contributed by atoms with Crippen LogP contribution in [0.1, 0.15) is 47.5 Å². The molecule has 1 heterocycles. The summed E-state index contributed by atoms with van der Waals surface area (Å²) in [7, 11) is 0. The van der Waals surface area contributed by atoms with E-state index in [2.05, 4.69) is 4.98 Å². The molecule has 0 saturated carbocycles. The number of hydrogen-bond donors (Lipinski definition) is 2. The van der Waals surface area contributed by atoms with Crippen LogP contribution in [0.2, 0.25) is 0 Å². The van der Waals surface area contributed by atoms with Gasteiger partial charge < -0.3 is 10.6 Å². The van der Waals surface area contributed by atoms with Gasteiger partial charge in [-0.1, -0.05) is 41.0 Å². The molecule has 1 aromatic rings. The SMILES string of the molecule is CCCCN(C(=O)CSC(C)C)c1c(N)n(CC(C)C)c(=O)[nH]c1=O. The molecule has 142 valence electrons. The Morgan fingerprint density at radius 3 is 2.44 bits per heavy atom. The van der Waals surface area contributed by atoms with E-state index in [9.17, 15) is 14.4 Å². The smallest absolute Gasteiger partial charge is 0.330 e. The molecule has 1 rings (SSSR count). The summed E-state index contributed by atoms with van der Waals surface area (Å²) in [6.45, 7) is 10.7. The van der Waals surface area contributed by atoms with Gasteiger partial charge in [0, 0.05) is 13.1 Å². The molecule has 0 unspecified atom stereocenters. The van der Waals surface area contributed by atoms with Gasteiger partial charge >= 0.3 is 5.69 Å². The van der Waals surface area contributed by atoms with E-state index in [-0.39, 0.29) is 29.1 Å². The van der Waals surface area contributed by atoms with Gasteiger partial charge in [-0.25, -0.2) is 4.79 Å². The second-order valence-electron chi connectivity index (χ2n) is 6.76. The predicted molar refractivity (Wildman–Crippen MR) is 105 cm³/mol. The number of nitrogens with one attached hydrogen (secondary N) is 1. The Morgan fingerprint density at radius 2 is 1.92 bits per heavy atom. The molecule has 0 fully saturated rings. The summed E-state index contributed by atoms with van der Waals surface area (Å²) in [5, 5.41) is 0.308. The van der Waals surface area contributed by atoms with Crippen LogP contribution in [0, 0.1) is 5.92 Å². The number of nitrogens with two attached hydrogens (primary N) is 1. The predicted octanol–water partition coefficient (Wildman–Crippen LogP) is 2.05. The van der Waals surface area contributed by atoms with E-state index < -0.39 is 11.2 Å². The topological polar surface area (TPSA) is 101 Å². The van der Waals surface area contributed by atoms with E-state index in [1.165, 1.54) is 21.2 Å². The molecule has 0 radical (unpaired) electrons. The van der Waals surface area contributed by atoms with Gasteiger partial charge in [0.1, 0.15) is 5.82 Å². The standard InChI is InChI=1S/C17H30N4O3S/c1-6-7-8-20(13(22)10-25-12(4)5)14-15(18)21(9-11(2)3)17(24)19-16(14)23/h11-12H,6-10,18H2,1-5H3,(H,19,23,24). The Bertz CT molecular complexity index is 694. The lowest BCUT2D eigenvalue weighted by atomic mass is 10.2. The van der Waals surface area contributed by atoms with Crippen LogP contribution < -0.4 is 21.9 Å². The Kier molecular flexibility index (Phi) is 8.28. The fraction of sp³-hybridized carbons (Fsp3) is 0.706. The Labute approximate surface area is 153 Å². The highest BCUT2D eigenvalue weighted by atomic mass is 32.2. The monoisotopic (exact) mass is 370 g/mol. The molecule has 0 aromatic carbocycles. The fourth-order valence-corrected chi connectivity index (χ4v) is 3.01. The average Bonchev–Trinajstić information content (AvgIpc) is 2.51. The summed E-state index contributed by atoms with van der Waals surface area (Å²) in [6.07, 6.45) is 1.63.